The van der Waals surface area contributed by atoms with Gasteiger partial charge in [0.2, 0.25) is 15.9 Å². The number of hydrogen-bond acceptors (Lipinski definition) is 4. The van der Waals surface area contributed by atoms with Crippen LogP contribution < -0.4 is 14.9 Å². The summed E-state index contributed by atoms with van der Waals surface area (Å²) in [6, 6.07) is 10.0. The highest BCUT2D eigenvalue weighted by molar-refractivity contribution is 7.92. The van der Waals surface area contributed by atoms with E-state index >= 15 is 0 Å². The number of carbonyl (C=O) groups is 2. The first kappa shape index (κ1) is 24.0. The molecule has 172 valence electrons. The Labute approximate surface area is 192 Å². The number of nitrogens with one attached hydrogen (secondary N) is 2. The highest BCUT2D eigenvalue weighted by Crippen LogP contribution is 2.25. The van der Waals surface area contributed by atoms with Crippen molar-refractivity contribution in [1.82, 2.24) is 5.32 Å². The average Bonchev–Trinajstić information content (AvgIpc) is 2.74. The molecule has 2 N–H and O–H groups in total. The van der Waals surface area contributed by atoms with Gasteiger partial charge in [0.05, 0.1) is 28.2 Å². The van der Waals surface area contributed by atoms with Crippen LogP contribution in [-0.4, -0.2) is 39.1 Å². The van der Waals surface area contributed by atoms with E-state index < -0.39 is 28.3 Å². The Hall–Kier alpha value is -2.65. The summed E-state index contributed by atoms with van der Waals surface area (Å²) in [5.41, 5.74) is 0.621. The lowest BCUT2D eigenvalue weighted by Crippen LogP contribution is -2.38. The van der Waals surface area contributed by atoms with Gasteiger partial charge in [-0.25, -0.2) is 12.8 Å². The van der Waals surface area contributed by atoms with Crippen LogP contribution in [0.15, 0.2) is 42.5 Å². The quantitative estimate of drug-likeness (QED) is 0.626. The van der Waals surface area contributed by atoms with Crippen LogP contribution in [0.25, 0.3) is 0 Å². The first-order chi connectivity index (χ1) is 15.1. The molecule has 0 heterocycles. The number of sulfonamides is 1. The normalized spacial score (nSPS) is 14.6. The molecule has 2 amide bonds. The molecule has 0 radical (unpaired) electrons. The number of para-hydroxylation sites is 1. The third kappa shape index (κ3) is 6.20. The molecular weight excluding hydrogens is 457 g/mol. The van der Waals surface area contributed by atoms with Gasteiger partial charge in [-0.3, -0.25) is 13.9 Å². The number of anilines is 2. The van der Waals surface area contributed by atoms with Gasteiger partial charge in [0.15, 0.2) is 0 Å². The van der Waals surface area contributed by atoms with Crippen molar-refractivity contribution in [3.63, 3.8) is 0 Å². The zero-order valence-corrected chi connectivity index (χ0v) is 19.2. The van der Waals surface area contributed by atoms with Gasteiger partial charge in [0, 0.05) is 6.04 Å². The number of halogens is 2. The van der Waals surface area contributed by atoms with Crippen LogP contribution in [-0.2, 0) is 14.8 Å². The first-order valence-electron chi connectivity index (χ1n) is 10.3. The second-order valence-electron chi connectivity index (χ2n) is 7.77. The lowest BCUT2D eigenvalue weighted by Gasteiger charge is -2.24. The molecule has 0 spiro atoms. The molecule has 0 bridgehead atoms. The molecule has 10 heteroatoms. The minimum Gasteiger partial charge on any atom is -0.349 e. The Morgan fingerprint density at radius 3 is 2.47 bits per heavy atom. The van der Waals surface area contributed by atoms with Crippen molar-refractivity contribution in [2.24, 2.45) is 0 Å². The molecule has 1 aliphatic rings. The molecule has 1 aliphatic carbocycles. The molecule has 1 saturated carbocycles. The Bertz CT molecular complexity index is 1100. The van der Waals surface area contributed by atoms with Crippen molar-refractivity contribution in [2.45, 2.75) is 38.1 Å². The first-order valence-corrected chi connectivity index (χ1v) is 12.5. The predicted octanol–water partition coefficient (Wildman–Crippen LogP) is 3.95. The zero-order chi connectivity index (χ0) is 23.3. The van der Waals surface area contributed by atoms with Crippen LogP contribution in [0.2, 0.25) is 5.02 Å². The fourth-order valence-electron chi connectivity index (χ4n) is 3.66. The van der Waals surface area contributed by atoms with Gasteiger partial charge < -0.3 is 10.6 Å². The number of benzene rings is 2. The lowest BCUT2D eigenvalue weighted by molar-refractivity contribution is -0.114. The van der Waals surface area contributed by atoms with Crippen LogP contribution in [0.5, 0.6) is 0 Å². The molecule has 32 heavy (non-hydrogen) atoms. The third-order valence-corrected chi connectivity index (χ3v) is 6.70. The average molecular weight is 482 g/mol. The van der Waals surface area contributed by atoms with E-state index in [1.54, 1.807) is 24.3 Å². The van der Waals surface area contributed by atoms with E-state index in [1.807, 2.05) is 0 Å². The van der Waals surface area contributed by atoms with Gasteiger partial charge in [-0.2, -0.15) is 0 Å². The third-order valence-electron chi connectivity index (χ3n) is 5.26. The topological polar surface area (TPSA) is 95.6 Å². The minimum absolute atomic E-state index is 0.0531. The fraction of sp³-hybridized carbons (Fsp3) is 0.364. The number of amides is 2. The van der Waals surface area contributed by atoms with E-state index in [2.05, 4.69) is 10.6 Å². The van der Waals surface area contributed by atoms with Crippen LogP contribution in [0.1, 0.15) is 42.5 Å². The van der Waals surface area contributed by atoms with E-state index in [4.69, 9.17) is 11.6 Å². The van der Waals surface area contributed by atoms with Crippen molar-refractivity contribution in [2.75, 3.05) is 22.4 Å². The Morgan fingerprint density at radius 2 is 1.81 bits per heavy atom. The molecule has 0 atom stereocenters. The predicted molar refractivity (Wildman–Crippen MR) is 123 cm³/mol. The van der Waals surface area contributed by atoms with Gasteiger partial charge in [0.25, 0.3) is 5.91 Å². The molecule has 0 unspecified atom stereocenters. The van der Waals surface area contributed by atoms with Crippen molar-refractivity contribution in [1.29, 1.82) is 0 Å². The number of rotatable bonds is 7. The maximum absolute atomic E-state index is 13.5. The standard InChI is InChI=1S/C22H25ClFN3O4S/c1-32(30,31)27(16-11-12-19(24)18(23)13-16)14-21(28)26-20-10-6-5-9-17(20)22(29)25-15-7-3-2-4-8-15/h5-6,9-13,15H,2-4,7-8,14H2,1H3,(H,25,29)(H,26,28). The zero-order valence-electron chi connectivity index (χ0n) is 17.6. The summed E-state index contributed by atoms with van der Waals surface area (Å²) in [5.74, 6) is -1.65. The van der Waals surface area contributed by atoms with Crippen molar-refractivity contribution in [3.8, 4) is 0 Å². The molecular formula is C22H25ClFN3O4S. The SMILES string of the molecule is CS(=O)(=O)N(CC(=O)Nc1ccccc1C(=O)NC1CCCCC1)c1ccc(F)c(Cl)c1. The smallest absolute Gasteiger partial charge is 0.253 e. The van der Waals surface area contributed by atoms with E-state index in [0.717, 1.165) is 54.8 Å². The second-order valence-corrected chi connectivity index (χ2v) is 10.1. The molecule has 2 aromatic rings. The maximum Gasteiger partial charge on any atom is 0.253 e. The van der Waals surface area contributed by atoms with Gasteiger partial charge >= 0.3 is 0 Å². The molecule has 2 aromatic carbocycles. The highest BCUT2D eigenvalue weighted by atomic mass is 35.5. The van der Waals surface area contributed by atoms with Gasteiger partial charge in [-0.15, -0.1) is 0 Å². The van der Waals surface area contributed by atoms with E-state index in [0.29, 0.717) is 5.56 Å². The molecule has 7 nitrogen and oxygen atoms in total. The summed E-state index contributed by atoms with van der Waals surface area (Å²) in [6.45, 7) is -0.570. The van der Waals surface area contributed by atoms with Crippen LogP contribution >= 0.6 is 11.6 Å². The van der Waals surface area contributed by atoms with Crippen molar-refractivity contribution < 1.29 is 22.4 Å². The Morgan fingerprint density at radius 1 is 1.12 bits per heavy atom. The summed E-state index contributed by atoms with van der Waals surface area (Å²) < 4.78 is 38.8. The summed E-state index contributed by atoms with van der Waals surface area (Å²) in [5, 5.41) is 5.36. The van der Waals surface area contributed by atoms with Gasteiger partial charge in [0.1, 0.15) is 12.4 Å². The number of hydrogen-bond donors (Lipinski definition) is 2. The summed E-state index contributed by atoms with van der Waals surface area (Å²) in [4.78, 5) is 25.5. The number of carbonyl (C=O) groups excluding carboxylic acids is 2. The van der Waals surface area contributed by atoms with E-state index in [1.165, 1.54) is 6.07 Å². The van der Waals surface area contributed by atoms with Crippen molar-refractivity contribution >= 4 is 44.8 Å². The van der Waals surface area contributed by atoms with E-state index in [-0.39, 0.29) is 28.3 Å². The molecule has 0 aromatic heterocycles. The van der Waals surface area contributed by atoms with Gasteiger partial charge in [-0.05, 0) is 43.2 Å². The molecule has 1 fully saturated rings. The summed E-state index contributed by atoms with van der Waals surface area (Å²) in [7, 11) is -3.87. The van der Waals surface area contributed by atoms with Crippen LogP contribution in [0.3, 0.4) is 0 Å². The maximum atomic E-state index is 13.5. The Balaban J connectivity index is 1.75. The molecule has 0 saturated heterocycles. The minimum atomic E-state index is -3.87. The lowest BCUT2D eigenvalue weighted by atomic mass is 9.95. The fourth-order valence-corrected chi connectivity index (χ4v) is 4.68. The van der Waals surface area contributed by atoms with Crippen molar-refractivity contribution in [3.05, 3.63) is 58.9 Å². The number of nitrogens with zero attached hydrogens (tertiary/aromatic N) is 1. The molecule has 3 rings (SSSR count). The molecule has 0 aliphatic heterocycles. The van der Waals surface area contributed by atoms with E-state index in [9.17, 15) is 22.4 Å². The highest BCUT2D eigenvalue weighted by Gasteiger charge is 2.23. The monoisotopic (exact) mass is 481 g/mol. The Kier molecular flexibility index (Phi) is 7.73. The van der Waals surface area contributed by atoms with Crippen LogP contribution in [0, 0.1) is 5.82 Å². The largest absolute Gasteiger partial charge is 0.349 e. The van der Waals surface area contributed by atoms with Gasteiger partial charge in [-0.1, -0.05) is 43.0 Å². The van der Waals surface area contributed by atoms with Crippen LogP contribution in [0.4, 0.5) is 15.8 Å². The summed E-state index contributed by atoms with van der Waals surface area (Å²) in [6.07, 6.45) is 6.07. The second kappa shape index (κ2) is 10.3. The summed E-state index contributed by atoms with van der Waals surface area (Å²) >= 11 is 5.77.